The molecule has 0 amide bonds. The van der Waals surface area contributed by atoms with Crippen LogP contribution in [0.3, 0.4) is 0 Å². The van der Waals surface area contributed by atoms with Crippen molar-refractivity contribution < 1.29 is 0 Å². The molecule has 0 aliphatic carbocycles. The molecule has 1 aliphatic heterocycles. The van der Waals surface area contributed by atoms with Gasteiger partial charge in [0.25, 0.3) is 0 Å². The number of aromatic nitrogens is 1. The molecule has 1 N–H and O–H groups in total. The molecule has 0 fully saturated rings. The second-order valence-corrected chi connectivity index (χ2v) is 7.40. The molecule has 0 saturated carbocycles. The Labute approximate surface area is 139 Å². The number of rotatable bonds is 2. The monoisotopic (exact) mass is 328 g/mol. The van der Waals surface area contributed by atoms with E-state index in [2.05, 4.69) is 59.4 Å². The van der Waals surface area contributed by atoms with E-state index in [9.17, 15) is 0 Å². The van der Waals surface area contributed by atoms with Gasteiger partial charge < -0.3 is 9.88 Å². The average molecular weight is 329 g/mol. The minimum absolute atomic E-state index is 0.857. The normalized spacial score (nSPS) is 14.8. The highest BCUT2D eigenvalue weighted by Crippen LogP contribution is 2.37. The fourth-order valence-corrected chi connectivity index (χ4v) is 4.42. The van der Waals surface area contributed by atoms with Crippen LogP contribution >= 0.6 is 22.9 Å². The Kier molecular flexibility index (Phi) is 3.57. The number of benzene rings is 1. The predicted molar refractivity (Wildman–Crippen MR) is 96.6 cm³/mol. The molecule has 4 heteroatoms. The van der Waals surface area contributed by atoms with Gasteiger partial charge in [0.05, 0.1) is 14.6 Å². The van der Waals surface area contributed by atoms with Gasteiger partial charge in [-0.1, -0.05) is 41.4 Å². The van der Waals surface area contributed by atoms with Crippen LogP contribution in [0.15, 0.2) is 30.3 Å². The van der Waals surface area contributed by atoms with Crippen LogP contribution in [0.1, 0.15) is 22.4 Å². The summed E-state index contributed by atoms with van der Waals surface area (Å²) in [6.45, 7) is 4.10. The maximum absolute atomic E-state index is 6.24. The Balaban J connectivity index is 1.83. The summed E-state index contributed by atoms with van der Waals surface area (Å²) in [5.41, 5.74) is 6.57. The molecule has 1 aliphatic rings. The summed E-state index contributed by atoms with van der Waals surface area (Å²) in [4.78, 5) is 0. The lowest BCUT2D eigenvalue weighted by Gasteiger charge is -2.15. The van der Waals surface area contributed by atoms with Crippen LogP contribution in [0.5, 0.6) is 0 Å². The van der Waals surface area contributed by atoms with Crippen molar-refractivity contribution in [3.05, 3.63) is 57.1 Å². The van der Waals surface area contributed by atoms with Crippen LogP contribution in [0, 0.1) is 6.92 Å². The number of fused-ring (bicyclic) bond motifs is 3. The van der Waals surface area contributed by atoms with Crippen molar-refractivity contribution >= 4 is 45.4 Å². The maximum Gasteiger partial charge on any atom is 0.0956 e. The number of nitrogens with zero attached hydrogens (tertiary/aromatic N) is 1. The SMILES string of the molecule is Cc1cccc(/C=C\n2c3c(c4sc(Cl)cc42)CNCC3)c1. The molecule has 1 aromatic carbocycles. The molecule has 0 unspecified atom stereocenters. The molecule has 0 atom stereocenters. The van der Waals surface area contributed by atoms with E-state index in [0.29, 0.717) is 0 Å². The average Bonchev–Trinajstić information content (AvgIpc) is 3.01. The minimum Gasteiger partial charge on any atom is -0.319 e. The second-order valence-electron chi connectivity index (χ2n) is 5.72. The summed E-state index contributed by atoms with van der Waals surface area (Å²) >= 11 is 7.92. The van der Waals surface area contributed by atoms with E-state index in [1.165, 1.54) is 32.6 Å². The van der Waals surface area contributed by atoms with Gasteiger partial charge in [-0.05, 0) is 24.6 Å². The van der Waals surface area contributed by atoms with Crippen molar-refractivity contribution in [2.24, 2.45) is 0 Å². The summed E-state index contributed by atoms with van der Waals surface area (Å²) in [6.07, 6.45) is 5.43. The highest BCUT2D eigenvalue weighted by Gasteiger charge is 2.20. The van der Waals surface area contributed by atoms with Gasteiger partial charge in [0.1, 0.15) is 0 Å². The molecule has 0 saturated heterocycles. The Morgan fingerprint density at radius 2 is 2.23 bits per heavy atom. The van der Waals surface area contributed by atoms with Gasteiger partial charge in [0.15, 0.2) is 0 Å². The van der Waals surface area contributed by atoms with Crippen LogP contribution in [0.2, 0.25) is 4.34 Å². The van der Waals surface area contributed by atoms with Gasteiger partial charge in [-0.2, -0.15) is 0 Å². The van der Waals surface area contributed by atoms with E-state index in [0.717, 1.165) is 23.8 Å². The Morgan fingerprint density at radius 1 is 1.32 bits per heavy atom. The zero-order valence-corrected chi connectivity index (χ0v) is 14.0. The largest absolute Gasteiger partial charge is 0.319 e. The summed E-state index contributed by atoms with van der Waals surface area (Å²) in [5.74, 6) is 0. The maximum atomic E-state index is 6.24. The molecular weight excluding hydrogens is 312 g/mol. The second kappa shape index (κ2) is 5.58. The number of hydrogen-bond acceptors (Lipinski definition) is 2. The third-order valence-electron chi connectivity index (χ3n) is 4.15. The highest BCUT2D eigenvalue weighted by molar-refractivity contribution is 7.22. The number of thiophene rings is 1. The molecular formula is C18H17ClN2S. The highest BCUT2D eigenvalue weighted by atomic mass is 35.5. The van der Waals surface area contributed by atoms with E-state index in [-0.39, 0.29) is 0 Å². The summed E-state index contributed by atoms with van der Waals surface area (Å²) in [5, 5.41) is 3.46. The quantitative estimate of drug-likeness (QED) is 0.705. The minimum atomic E-state index is 0.857. The molecule has 2 aromatic heterocycles. The van der Waals surface area contributed by atoms with Gasteiger partial charge in [-0.3, -0.25) is 0 Å². The smallest absolute Gasteiger partial charge is 0.0956 e. The van der Waals surface area contributed by atoms with Gasteiger partial charge in [0, 0.05) is 37.0 Å². The predicted octanol–water partition coefficient (Wildman–Crippen LogP) is 4.94. The Bertz CT molecular complexity index is 873. The van der Waals surface area contributed by atoms with E-state index >= 15 is 0 Å². The lowest BCUT2D eigenvalue weighted by atomic mass is 10.1. The number of hydrogen-bond donors (Lipinski definition) is 1. The molecule has 3 heterocycles. The standard InChI is InChI=1S/C18H17ClN2S/c1-12-3-2-4-13(9-12)6-8-21-15-5-7-20-11-14(15)18-16(21)10-17(19)22-18/h2-4,6,8-10,20H,5,7,11H2,1H3/b8-6-. The van der Waals surface area contributed by atoms with Crippen molar-refractivity contribution in [2.75, 3.05) is 6.54 Å². The molecule has 112 valence electrons. The Morgan fingerprint density at radius 3 is 3.09 bits per heavy atom. The first-order chi connectivity index (χ1) is 10.7. The lowest BCUT2D eigenvalue weighted by molar-refractivity contribution is 0.634. The van der Waals surface area contributed by atoms with Gasteiger partial charge in [0.2, 0.25) is 0 Å². The fourth-order valence-electron chi connectivity index (χ4n) is 3.15. The van der Waals surface area contributed by atoms with Crippen LogP contribution in [-0.4, -0.2) is 11.1 Å². The summed E-state index contributed by atoms with van der Waals surface area (Å²) in [7, 11) is 0. The van der Waals surface area contributed by atoms with Crippen LogP contribution < -0.4 is 5.32 Å². The summed E-state index contributed by atoms with van der Waals surface area (Å²) < 4.78 is 4.49. The fraction of sp³-hybridized carbons (Fsp3) is 0.222. The van der Waals surface area contributed by atoms with Gasteiger partial charge in [-0.15, -0.1) is 11.3 Å². The third-order valence-corrected chi connectivity index (χ3v) is 5.47. The van der Waals surface area contributed by atoms with Crippen molar-refractivity contribution in [1.29, 1.82) is 0 Å². The van der Waals surface area contributed by atoms with Gasteiger partial charge in [-0.25, -0.2) is 0 Å². The van der Waals surface area contributed by atoms with Crippen LogP contribution in [-0.2, 0) is 13.0 Å². The van der Waals surface area contributed by atoms with Crippen LogP contribution in [0.4, 0.5) is 0 Å². The first-order valence-corrected chi connectivity index (χ1v) is 8.68. The van der Waals surface area contributed by atoms with Crippen LogP contribution in [0.25, 0.3) is 22.5 Å². The van der Waals surface area contributed by atoms with Crippen molar-refractivity contribution in [3.63, 3.8) is 0 Å². The third kappa shape index (κ3) is 2.39. The molecule has 3 aromatic rings. The van der Waals surface area contributed by atoms with E-state index in [4.69, 9.17) is 11.6 Å². The van der Waals surface area contributed by atoms with Crippen molar-refractivity contribution in [2.45, 2.75) is 19.9 Å². The molecule has 4 rings (SSSR count). The van der Waals surface area contributed by atoms with Crippen molar-refractivity contribution in [3.8, 4) is 0 Å². The molecule has 0 radical (unpaired) electrons. The zero-order chi connectivity index (χ0) is 15.1. The van der Waals surface area contributed by atoms with E-state index in [1.54, 1.807) is 11.3 Å². The molecule has 0 bridgehead atoms. The summed E-state index contributed by atoms with van der Waals surface area (Å²) in [6, 6.07) is 10.6. The van der Waals surface area contributed by atoms with E-state index in [1.807, 2.05) is 0 Å². The van der Waals surface area contributed by atoms with Crippen molar-refractivity contribution in [1.82, 2.24) is 9.88 Å². The molecule has 22 heavy (non-hydrogen) atoms. The number of nitrogens with one attached hydrogen (secondary N) is 1. The molecule has 2 nitrogen and oxygen atoms in total. The first-order valence-electron chi connectivity index (χ1n) is 7.49. The first kappa shape index (κ1) is 14.1. The number of aryl methyl sites for hydroxylation is 1. The van der Waals surface area contributed by atoms with E-state index < -0.39 is 0 Å². The topological polar surface area (TPSA) is 17.0 Å². The number of halogens is 1. The lowest BCUT2D eigenvalue weighted by Crippen LogP contribution is -2.24. The molecule has 0 spiro atoms. The Hall–Kier alpha value is -1.55. The van der Waals surface area contributed by atoms with Gasteiger partial charge >= 0.3 is 0 Å². The zero-order valence-electron chi connectivity index (χ0n) is 12.4.